The molecule has 1 nitrogen and oxygen atoms in total. The number of benzene rings is 1. The molecule has 1 rings (SSSR count). The fourth-order valence-corrected chi connectivity index (χ4v) is 1.26. The standard InChI is InChI=1S/C10H11BF3O.K/c1-3-6-15-9-4-5-10(8(2)7-9)11(12,13)14;/h3-5,7H,1,6H2,2H3;/q-1;+1. The van der Waals surface area contributed by atoms with Gasteiger partial charge in [-0.1, -0.05) is 24.3 Å². The van der Waals surface area contributed by atoms with Crippen LogP contribution in [0.25, 0.3) is 0 Å². The van der Waals surface area contributed by atoms with Crippen molar-refractivity contribution < 1.29 is 69.1 Å². The Morgan fingerprint density at radius 3 is 2.44 bits per heavy atom. The maximum Gasteiger partial charge on any atom is 1.00 e. The third kappa shape index (κ3) is 4.63. The number of hydrogen-bond acceptors (Lipinski definition) is 1. The molecule has 0 aliphatic heterocycles. The van der Waals surface area contributed by atoms with Gasteiger partial charge in [0.15, 0.2) is 0 Å². The Labute approximate surface area is 136 Å². The first kappa shape index (κ1) is 16.3. The van der Waals surface area contributed by atoms with Crippen LogP contribution in [-0.2, 0) is 0 Å². The number of halogens is 3. The molecular formula is C10H11BF3KO. The number of hydrogen-bond donors (Lipinski definition) is 0. The molecule has 0 aliphatic rings. The van der Waals surface area contributed by atoms with E-state index in [4.69, 9.17) is 4.74 Å². The summed E-state index contributed by atoms with van der Waals surface area (Å²) in [5.74, 6) is 0.427. The van der Waals surface area contributed by atoms with Crippen molar-refractivity contribution >= 4 is 12.4 Å². The molecule has 6 heteroatoms. The summed E-state index contributed by atoms with van der Waals surface area (Å²) in [5, 5.41) is 0. The zero-order valence-electron chi connectivity index (χ0n) is 9.34. The van der Waals surface area contributed by atoms with Crippen LogP contribution in [-0.4, -0.2) is 13.6 Å². The second-order valence-electron chi connectivity index (χ2n) is 3.19. The number of ether oxygens (including phenoxy) is 1. The minimum atomic E-state index is -4.94. The Balaban J connectivity index is 0.00000225. The first-order chi connectivity index (χ1) is 6.95. The minimum Gasteiger partial charge on any atom is -0.490 e. The van der Waals surface area contributed by atoms with Crippen molar-refractivity contribution in [1.29, 1.82) is 0 Å². The summed E-state index contributed by atoms with van der Waals surface area (Å²) in [6.45, 7) is 0.227. The third-order valence-electron chi connectivity index (χ3n) is 1.96. The number of rotatable bonds is 4. The van der Waals surface area contributed by atoms with Crippen LogP contribution in [0.5, 0.6) is 5.75 Å². The second-order valence-corrected chi connectivity index (χ2v) is 3.19. The molecule has 0 N–H and O–H groups in total. The summed E-state index contributed by atoms with van der Waals surface area (Å²) in [6, 6.07) is 3.75. The van der Waals surface area contributed by atoms with Crippen molar-refractivity contribution in [2.24, 2.45) is 0 Å². The first-order valence-corrected chi connectivity index (χ1v) is 4.49. The van der Waals surface area contributed by atoms with Crippen LogP contribution in [0.1, 0.15) is 5.56 Å². The van der Waals surface area contributed by atoms with Gasteiger partial charge in [0.25, 0.3) is 0 Å². The summed E-state index contributed by atoms with van der Waals surface area (Å²) < 4.78 is 42.4. The van der Waals surface area contributed by atoms with E-state index in [0.717, 1.165) is 6.07 Å². The summed E-state index contributed by atoms with van der Waals surface area (Å²) in [4.78, 5) is 0. The molecule has 0 spiro atoms. The van der Waals surface area contributed by atoms with Gasteiger partial charge in [0.1, 0.15) is 12.4 Å². The molecule has 0 heterocycles. The molecule has 0 amide bonds. The monoisotopic (exact) mass is 254 g/mol. The average Bonchev–Trinajstić information content (AvgIpc) is 2.12. The maximum atomic E-state index is 12.4. The van der Waals surface area contributed by atoms with E-state index in [1.807, 2.05) is 0 Å². The molecule has 0 atom stereocenters. The third-order valence-corrected chi connectivity index (χ3v) is 1.96. The molecule has 0 saturated heterocycles. The fraction of sp³-hybridized carbons (Fsp3) is 0.200. The van der Waals surface area contributed by atoms with Gasteiger partial charge in [0.2, 0.25) is 0 Å². The summed E-state index contributed by atoms with van der Waals surface area (Å²) in [6.07, 6.45) is 1.54. The van der Waals surface area contributed by atoms with Gasteiger partial charge >= 0.3 is 58.4 Å². The Bertz CT molecular complexity index is 366. The van der Waals surface area contributed by atoms with Crippen LogP contribution in [0, 0.1) is 6.92 Å². The van der Waals surface area contributed by atoms with Crippen LogP contribution in [0.2, 0.25) is 0 Å². The van der Waals surface area contributed by atoms with Gasteiger partial charge in [-0.05, 0) is 19.1 Å². The van der Waals surface area contributed by atoms with Crippen LogP contribution >= 0.6 is 0 Å². The van der Waals surface area contributed by atoms with Gasteiger partial charge < -0.3 is 17.7 Å². The smallest absolute Gasteiger partial charge is 0.490 e. The minimum absolute atomic E-state index is 0. The van der Waals surface area contributed by atoms with Gasteiger partial charge in [-0.3, -0.25) is 0 Å². The zero-order valence-corrected chi connectivity index (χ0v) is 12.5. The van der Waals surface area contributed by atoms with E-state index in [1.165, 1.54) is 25.1 Å². The molecule has 82 valence electrons. The normalized spacial score (nSPS) is 10.5. The SMILES string of the molecule is C=CCOc1ccc([B-](F)(F)F)c(C)c1.[K+]. The largest absolute Gasteiger partial charge is 1.00 e. The van der Waals surface area contributed by atoms with E-state index >= 15 is 0 Å². The Morgan fingerprint density at radius 2 is 2.00 bits per heavy atom. The van der Waals surface area contributed by atoms with E-state index in [0.29, 0.717) is 5.75 Å². The predicted molar refractivity (Wildman–Crippen MR) is 55.6 cm³/mol. The molecule has 1 aromatic rings. The molecule has 0 bridgehead atoms. The van der Waals surface area contributed by atoms with E-state index in [-0.39, 0.29) is 63.6 Å². The van der Waals surface area contributed by atoms with Gasteiger partial charge in [-0.25, -0.2) is 0 Å². The van der Waals surface area contributed by atoms with E-state index < -0.39 is 12.4 Å². The summed E-state index contributed by atoms with van der Waals surface area (Å²) in [7, 11) is 0. The molecule has 0 saturated carbocycles. The molecule has 0 unspecified atom stereocenters. The number of aryl methyl sites for hydroxylation is 1. The topological polar surface area (TPSA) is 9.23 Å². The van der Waals surface area contributed by atoms with Crippen molar-refractivity contribution in [2.75, 3.05) is 6.61 Å². The van der Waals surface area contributed by atoms with Gasteiger partial charge in [-0.2, -0.15) is 0 Å². The fourth-order valence-electron chi connectivity index (χ4n) is 1.26. The second kappa shape index (κ2) is 6.86. The van der Waals surface area contributed by atoms with E-state index in [2.05, 4.69) is 6.58 Å². The molecule has 0 aromatic heterocycles. The maximum absolute atomic E-state index is 12.4. The summed E-state index contributed by atoms with van der Waals surface area (Å²) >= 11 is 0. The molecule has 16 heavy (non-hydrogen) atoms. The van der Waals surface area contributed by atoms with Gasteiger partial charge in [0.05, 0.1) is 0 Å². The van der Waals surface area contributed by atoms with Crippen molar-refractivity contribution in [3.05, 3.63) is 36.4 Å². The van der Waals surface area contributed by atoms with Gasteiger partial charge in [-0.15, -0.1) is 5.46 Å². The molecule has 0 radical (unpaired) electrons. The van der Waals surface area contributed by atoms with E-state index in [1.54, 1.807) is 0 Å². The predicted octanol–water partition coefficient (Wildman–Crippen LogP) is -0.382. The van der Waals surface area contributed by atoms with Crippen LogP contribution in [0.15, 0.2) is 30.9 Å². The molecule has 1 aromatic carbocycles. The van der Waals surface area contributed by atoms with Crippen molar-refractivity contribution in [2.45, 2.75) is 6.92 Å². The van der Waals surface area contributed by atoms with E-state index in [9.17, 15) is 12.9 Å². The quantitative estimate of drug-likeness (QED) is 0.525. The Hall–Kier alpha value is 0.251. The van der Waals surface area contributed by atoms with Gasteiger partial charge in [0, 0.05) is 0 Å². The molecule has 0 fully saturated rings. The Morgan fingerprint density at radius 1 is 1.38 bits per heavy atom. The van der Waals surface area contributed by atoms with Crippen molar-refractivity contribution in [1.82, 2.24) is 0 Å². The molecule has 0 aliphatic carbocycles. The van der Waals surface area contributed by atoms with Crippen molar-refractivity contribution in [3.63, 3.8) is 0 Å². The summed E-state index contributed by atoms with van der Waals surface area (Å²) in [5.41, 5.74) is -0.384. The zero-order chi connectivity index (χ0) is 11.5. The first-order valence-electron chi connectivity index (χ1n) is 4.49. The van der Waals surface area contributed by atoms with Crippen LogP contribution < -0.4 is 61.6 Å². The Kier molecular flexibility index (Phi) is 6.97. The van der Waals surface area contributed by atoms with Crippen LogP contribution in [0.3, 0.4) is 0 Å². The molecular weight excluding hydrogens is 243 g/mol. The van der Waals surface area contributed by atoms with Crippen LogP contribution in [0.4, 0.5) is 12.9 Å². The van der Waals surface area contributed by atoms with Crippen molar-refractivity contribution in [3.8, 4) is 5.75 Å². The average molecular weight is 254 g/mol.